The summed E-state index contributed by atoms with van der Waals surface area (Å²) >= 11 is 0. The summed E-state index contributed by atoms with van der Waals surface area (Å²) in [5.41, 5.74) is 1.30. The van der Waals surface area contributed by atoms with Crippen LogP contribution in [-0.2, 0) is 11.2 Å². The van der Waals surface area contributed by atoms with Crippen molar-refractivity contribution in [3.05, 3.63) is 29.8 Å². The summed E-state index contributed by atoms with van der Waals surface area (Å²) in [6.07, 6.45) is 1.59. The summed E-state index contributed by atoms with van der Waals surface area (Å²) in [6.45, 7) is 7.60. The number of morpholine rings is 1. The number of nitrogens with zero attached hydrogens (tertiary/aromatic N) is 3. The Bertz CT molecular complexity index is 478. The zero-order valence-electron chi connectivity index (χ0n) is 14.0. The number of benzene rings is 1. The lowest BCUT2D eigenvalue weighted by Gasteiger charge is -2.29. The van der Waals surface area contributed by atoms with Crippen LogP contribution < -0.4 is 4.74 Å². The van der Waals surface area contributed by atoms with Gasteiger partial charge in [-0.05, 0) is 24.1 Å². The molecule has 1 heterocycles. The van der Waals surface area contributed by atoms with E-state index in [0.29, 0.717) is 6.42 Å². The van der Waals surface area contributed by atoms with Crippen molar-refractivity contribution in [3.8, 4) is 11.8 Å². The lowest BCUT2D eigenvalue weighted by Crippen LogP contribution is -2.42. The molecule has 1 aliphatic heterocycles. The van der Waals surface area contributed by atoms with Crippen LogP contribution in [0.5, 0.6) is 5.75 Å². The van der Waals surface area contributed by atoms with Crippen molar-refractivity contribution in [2.45, 2.75) is 12.8 Å². The lowest BCUT2D eigenvalue weighted by atomic mass is 10.1. The molecule has 1 aromatic carbocycles. The Kier molecular flexibility index (Phi) is 7.88. The van der Waals surface area contributed by atoms with E-state index in [1.165, 1.54) is 5.56 Å². The molecule has 0 atom stereocenters. The van der Waals surface area contributed by atoms with Crippen LogP contribution in [0.1, 0.15) is 12.0 Å². The topological polar surface area (TPSA) is 48.7 Å². The van der Waals surface area contributed by atoms with Gasteiger partial charge in [-0.3, -0.25) is 4.90 Å². The number of rotatable bonds is 9. The molecule has 0 aromatic heterocycles. The molecule has 1 aliphatic rings. The maximum atomic E-state index is 8.86. The molecule has 2 rings (SSSR count). The van der Waals surface area contributed by atoms with Gasteiger partial charge in [0.25, 0.3) is 0 Å². The van der Waals surface area contributed by atoms with Crippen molar-refractivity contribution in [2.24, 2.45) is 0 Å². The minimum absolute atomic E-state index is 0.589. The predicted molar refractivity (Wildman–Crippen MR) is 90.6 cm³/mol. The first-order chi connectivity index (χ1) is 11.3. The first-order valence-corrected chi connectivity index (χ1v) is 8.34. The zero-order chi connectivity index (χ0) is 16.3. The van der Waals surface area contributed by atoms with Crippen LogP contribution in [0.15, 0.2) is 24.3 Å². The summed E-state index contributed by atoms with van der Waals surface area (Å²) < 4.78 is 10.6. The number of hydrogen-bond donors (Lipinski definition) is 0. The first kappa shape index (κ1) is 17.7. The monoisotopic (exact) mass is 317 g/mol. The van der Waals surface area contributed by atoms with Gasteiger partial charge in [0.1, 0.15) is 5.75 Å². The molecule has 23 heavy (non-hydrogen) atoms. The van der Waals surface area contributed by atoms with E-state index in [0.717, 1.165) is 64.7 Å². The van der Waals surface area contributed by atoms with Gasteiger partial charge in [0.05, 0.1) is 26.4 Å². The fourth-order valence-electron chi connectivity index (χ4n) is 2.73. The molecule has 0 saturated carbocycles. The predicted octanol–water partition coefficient (Wildman–Crippen LogP) is 1.79. The second kappa shape index (κ2) is 10.2. The Balaban J connectivity index is 1.78. The Morgan fingerprint density at radius 3 is 2.57 bits per heavy atom. The van der Waals surface area contributed by atoms with Crippen molar-refractivity contribution in [1.29, 1.82) is 5.26 Å². The molecule has 0 spiro atoms. The van der Waals surface area contributed by atoms with Gasteiger partial charge in [-0.15, -0.1) is 0 Å². The van der Waals surface area contributed by atoms with Crippen LogP contribution in [0.4, 0.5) is 0 Å². The van der Waals surface area contributed by atoms with Gasteiger partial charge in [0.15, 0.2) is 0 Å². The number of hydrogen-bond acceptors (Lipinski definition) is 5. The summed E-state index contributed by atoms with van der Waals surface area (Å²) in [7, 11) is 1.68. The molecular formula is C18H27N3O2. The largest absolute Gasteiger partial charge is 0.497 e. The van der Waals surface area contributed by atoms with Crippen molar-refractivity contribution in [2.75, 3.05) is 59.6 Å². The molecular weight excluding hydrogens is 290 g/mol. The molecule has 0 unspecified atom stereocenters. The quantitative estimate of drug-likeness (QED) is 0.695. The van der Waals surface area contributed by atoms with Crippen LogP contribution in [0, 0.1) is 11.3 Å². The number of nitriles is 1. The third-order valence-corrected chi connectivity index (χ3v) is 4.25. The third-order valence-electron chi connectivity index (χ3n) is 4.25. The highest BCUT2D eigenvalue weighted by Crippen LogP contribution is 2.12. The van der Waals surface area contributed by atoms with Crippen LogP contribution in [-0.4, -0.2) is 69.4 Å². The molecule has 0 bridgehead atoms. The minimum atomic E-state index is 0.589. The van der Waals surface area contributed by atoms with Gasteiger partial charge in [0.2, 0.25) is 0 Å². The van der Waals surface area contributed by atoms with Crippen molar-refractivity contribution in [3.63, 3.8) is 0 Å². The molecule has 1 saturated heterocycles. The van der Waals surface area contributed by atoms with Gasteiger partial charge in [-0.2, -0.15) is 5.26 Å². The van der Waals surface area contributed by atoms with Gasteiger partial charge in [-0.1, -0.05) is 12.1 Å². The highest BCUT2D eigenvalue weighted by atomic mass is 16.5. The Hall–Kier alpha value is -1.61. The van der Waals surface area contributed by atoms with E-state index in [1.54, 1.807) is 7.11 Å². The molecule has 126 valence electrons. The SMILES string of the molecule is COc1ccc(CCN(CCC#N)CCN2CCOCC2)cc1. The minimum Gasteiger partial charge on any atom is -0.497 e. The summed E-state index contributed by atoms with van der Waals surface area (Å²) in [5, 5.41) is 8.86. The van der Waals surface area contributed by atoms with Crippen molar-refractivity contribution in [1.82, 2.24) is 9.80 Å². The summed E-state index contributed by atoms with van der Waals surface area (Å²) in [5.74, 6) is 0.891. The van der Waals surface area contributed by atoms with E-state index < -0.39 is 0 Å². The van der Waals surface area contributed by atoms with E-state index in [-0.39, 0.29) is 0 Å². The van der Waals surface area contributed by atoms with E-state index in [4.69, 9.17) is 14.7 Å². The number of ether oxygens (including phenoxy) is 2. The van der Waals surface area contributed by atoms with Crippen molar-refractivity contribution >= 4 is 0 Å². The van der Waals surface area contributed by atoms with Crippen LogP contribution in [0.2, 0.25) is 0 Å². The lowest BCUT2D eigenvalue weighted by molar-refractivity contribution is 0.0335. The van der Waals surface area contributed by atoms with Gasteiger partial charge in [0, 0.05) is 45.7 Å². The molecule has 1 fully saturated rings. The van der Waals surface area contributed by atoms with Crippen LogP contribution >= 0.6 is 0 Å². The molecule has 5 heteroatoms. The maximum absolute atomic E-state index is 8.86. The number of methoxy groups -OCH3 is 1. The standard InChI is InChI=1S/C18H27N3O2/c1-22-18-5-3-17(4-6-18)7-10-20(9-2-8-19)11-12-21-13-15-23-16-14-21/h3-6H,2,7,9-16H2,1H3. The van der Waals surface area contributed by atoms with E-state index in [2.05, 4.69) is 28.0 Å². The zero-order valence-corrected chi connectivity index (χ0v) is 14.0. The van der Waals surface area contributed by atoms with Crippen LogP contribution in [0.3, 0.4) is 0 Å². The highest BCUT2D eigenvalue weighted by Gasteiger charge is 2.12. The normalized spacial score (nSPS) is 15.5. The average molecular weight is 317 g/mol. The second-order valence-electron chi connectivity index (χ2n) is 5.80. The second-order valence-corrected chi connectivity index (χ2v) is 5.80. The van der Waals surface area contributed by atoms with Gasteiger partial charge < -0.3 is 14.4 Å². The molecule has 0 amide bonds. The van der Waals surface area contributed by atoms with Crippen molar-refractivity contribution < 1.29 is 9.47 Å². The Morgan fingerprint density at radius 2 is 1.91 bits per heavy atom. The van der Waals surface area contributed by atoms with Crippen LogP contribution in [0.25, 0.3) is 0 Å². The van der Waals surface area contributed by atoms with E-state index >= 15 is 0 Å². The fraction of sp³-hybridized carbons (Fsp3) is 0.611. The van der Waals surface area contributed by atoms with E-state index in [9.17, 15) is 0 Å². The highest BCUT2D eigenvalue weighted by molar-refractivity contribution is 5.27. The molecule has 1 aromatic rings. The first-order valence-electron chi connectivity index (χ1n) is 8.34. The fourth-order valence-corrected chi connectivity index (χ4v) is 2.73. The Labute approximate surface area is 139 Å². The smallest absolute Gasteiger partial charge is 0.118 e. The molecule has 0 aliphatic carbocycles. The third kappa shape index (κ3) is 6.57. The summed E-state index contributed by atoms with van der Waals surface area (Å²) in [6, 6.07) is 10.5. The molecule has 0 radical (unpaired) electrons. The molecule has 0 N–H and O–H groups in total. The average Bonchev–Trinajstić information content (AvgIpc) is 2.62. The van der Waals surface area contributed by atoms with E-state index in [1.807, 2.05) is 12.1 Å². The maximum Gasteiger partial charge on any atom is 0.118 e. The van der Waals surface area contributed by atoms with Gasteiger partial charge >= 0.3 is 0 Å². The summed E-state index contributed by atoms with van der Waals surface area (Å²) in [4.78, 5) is 4.83. The molecule has 5 nitrogen and oxygen atoms in total. The Morgan fingerprint density at radius 1 is 1.17 bits per heavy atom. The van der Waals surface area contributed by atoms with Gasteiger partial charge in [-0.25, -0.2) is 0 Å².